The molecule has 0 saturated heterocycles. The first kappa shape index (κ1) is 14.5. The third kappa shape index (κ3) is 3.98. The van der Waals surface area contributed by atoms with Gasteiger partial charge < -0.3 is 5.73 Å². The van der Waals surface area contributed by atoms with Crippen LogP contribution >= 0.6 is 11.6 Å². The van der Waals surface area contributed by atoms with Crippen molar-refractivity contribution < 1.29 is 0 Å². The summed E-state index contributed by atoms with van der Waals surface area (Å²) in [5, 5.41) is 0.816. The smallest absolute Gasteiger partial charge is 0.0454 e. The van der Waals surface area contributed by atoms with Crippen molar-refractivity contribution in [3.05, 3.63) is 34.3 Å². The van der Waals surface area contributed by atoms with E-state index >= 15 is 0 Å². The highest BCUT2D eigenvalue weighted by molar-refractivity contribution is 6.31. The van der Waals surface area contributed by atoms with Crippen molar-refractivity contribution in [2.24, 2.45) is 11.7 Å². The van der Waals surface area contributed by atoms with Crippen molar-refractivity contribution in [3.8, 4) is 0 Å². The first-order valence-electron chi connectivity index (χ1n) is 6.13. The molecule has 1 aromatic carbocycles. The predicted octanol–water partition coefficient (Wildman–Crippen LogP) is 3.28. The molecule has 0 aromatic heterocycles. The van der Waals surface area contributed by atoms with Gasteiger partial charge in [-0.1, -0.05) is 37.6 Å². The van der Waals surface area contributed by atoms with Crippen LogP contribution < -0.4 is 5.73 Å². The molecule has 17 heavy (non-hydrogen) atoms. The summed E-state index contributed by atoms with van der Waals surface area (Å²) in [6.07, 6.45) is 0. The predicted molar refractivity (Wildman–Crippen MR) is 75.1 cm³/mol. The lowest BCUT2D eigenvalue weighted by molar-refractivity contribution is 0.200. The highest BCUT2D eigenvalue weighted by Crippen LogP contribution is 2.21. The molecule has 0 fully saturated rings. The fraction of sp³-hybridized carbons (Fsp3) is 0.571. The summed E-state index contributed by atoms with van der Waals surface area (Å²) in [6, 6.07) is 6.63. The normalized spacial score (nSPS) is 13.4. The van der Waals surface area contributed by atoms with Gasteiger partial charge in [-0.05, 0) is 37.1 Å². The maximum absolute atomic E-state index is 6.25. The van der Waals surface area contributed by atoms with E-state index in [1.165, 1.54) is 5.56 Å². The van der Waals surface area contributed by atoms with Crippen LogP contribution in [0.2, 0.25) is 5.02 Å². The van der Waals surface area contributed by atoms with Gasteiger partial charge in [0.2, 0.25) is 0 Å². The van der Waals surface area contributed by atoms with E-state index < -0.39 is 0 Å². The molecule has 0 radical (unpaired) electrons. The van der Waals surface area contributed by atoms with E-state index in [4.69, 9.17) is 17.3 Å². The Kier molecular flexibility index (Phi) is 5.44. The molecule has 0 spiro atoms. The third-order valence-electron chi connectivity index (χ3n) is 3.43. The van der Waals surface area contributed by atoms with Gasteiger partial charge in [-0.2, -0.15) is 0 Å². The number of benzene rings is 1. The van der Waals surface area contributed by atoms with Gasteiger partial charge in [0.1, 0.15) is 0 Å². The SMILES string of the molecule is CC(C)C(C)N(C)Cc1ccc(CN)cc1Cl. The summed E-state index contributed by atoms with van der Waals surface area (Å²) in [6.45, 7) is 8.13. The van der Waals surface area contributed by atoms with Crippen LogP contribution in [0.25, 0.3) is 0 Å². The van der Waals surface area contributed by atoms with E-state index in [1.807, 2.05) is 6.07 Å². The Morgan fingerprint density at radius 1 is 1.29 bits per heavy atom. The van der Waals surface area contributed by atoms with Gasteiger partial charge in [-0.25, -0.2) is 0 Å². The average Bonchev–Trinajstić information content (AvgIpc) is 2.30. The number of halogens is 1. The first-order chi connectivity index (χ1) is 7.95. The molecule has 0 heterocycles. The molecule has 1 aromatic rings. The number of nitrogens with zero attached hydrogens (tertiary/aromatic N) is 1. The van der Waals surface area contributed by atoms with Crippen molar-refractivity contribution >= 4 is 11.6 Å². The maximum atomic E-state index is 6.25. The Bertz CT molecular complexity index is 363. The number of hydrogen-bond acceptors (Lipinski definition) is 2. The van der Waals surface area contributed by atoms with Crippen LogP contribution in [0, 0.1) is 5.92 Å². The lowest BCUT2D eigenvalue weighted by atomic mass is 10.0. The third-order valence-corrected chi connectivity index (χ3v) is 3.78. The van der Waals surface area contributed by atoms with Gasteiger partial charge in [0, 0.05) is 24.2 Å². The molecular formula is C14H23ClN2. The number of rotatable bonds is 5. The molecular weight excluding hydrogens is 232 g/mol. The van der Waals surface area contributed by atoms with Gasteiger partial charge in [0.15, 0.2) is 0 Å². The molecule has 0 aliphatic rings. The van der Waals surface area contributed by atoms with Gasteiger partial charge in [0.05, 0.1) is 0 Å². The van der Waals surface area contributed by atoms with Gasteiger partial charge in [-0.3, -0.25) is 4.90 Å². The zero-order chi connectivity index (χ0) is 13.0. The van der Waals surface area contributed by atoms with Gasteiger partial charge in [0.25, 0.3) is 0 Å². The highest BCUT2D eigenvalue weighted by atomic mass is 35.5. The molecule has 1 unspecified atom stereocenters. The Morgan fingerprint density at radius 3 is 2.41 bits per heavy atom. The lowest BCUT2D eigenvalue weighted by Gasteiger charge is -2.28. The van der Waals surface area contributed by atoms with Crippen LogP contribution in [0.15, 0.2) is 18.2 Å². The fourth-order valence-corrected chi connectivity index (χ4v) is 2.03. The van der Waals surface area contributed by atoms with E-state index in [-0.39, 0.29) is 0 Å². The van der Waals surface area contributed by atoms with E-state index in [0.29, 0.717) is 18.5 Å². The quantitative estimate of drug-likeness (QED) is 0.874. The van der Waals surface area contributed by atoms with E-state index in [0.717, 1.165) is 17.1 Å². The molecule has 2 nitrogen and oxygen atoms in total. The van der Waals surface area contributed by atoms with Crippen molar-refractivity contribution in [1.29, 1.82) is 0 Å². The van der Waals surface area contributed by atoms with Crippen molar-refractivity contribution in [2.45, 2.75) is 39.9 Å². The van der Waals surface area contributed by atoms with E-state index in [9.17, 15) is 0 Å². The summed E-state index contributed by atoms with van der Waals surface area (Å²) in [4.78, 5) is 2.33. The molecule has 0 aliphatic carbocycles. The maximum Gasteiger partial charge on any atom is 0.0454 e. The minimum atomic E-state index is 0.540. The average molecular weight is 255 g/mol. The Morgan fingerprint density at radius 2 is 1.94 bits per heavy atom. The lowest BCUT2D eigenvalue weighted by Crippen LogP contribution is -2.32. The summed E-state index contributed by atoms with van der Waals surface area (Å²) in [7, 11) is 2.14. The van der Waals surface area contributed by atoms with Crippen LogP contribution in [-0.2, 0) is 13.1 Å². The largest absolute Gasteiger partial charge is 0.326 e. The molecule has 0 aliphatic heterocycles. The zero-order valence-corrected chi connectivity index (χ0v) is 12.0. The van der Waals surface area contributed by atoms with E-state index in [1.54, 1.807) is 0 Å². The number of hydrogen-bond donors (Lipinski definition) is 1. The summed E-state index contributed by atoms with van der Waals surface area (Å²) in [5.74, 6) is 0.641. The molecule has 0 amide bonds. The van der Waals surface area contributed by atoms with Crippen molar-refractivity contribution in [1.82, 2.24) is 4.90 Å². The summed E-state index contributed by atoms with van der Waals surface area (Å²) < 4.78 is 0. The fourth-order valence-electron chi connectivity index (χ4n) is 1.77. The Hall–Kier alpha value is -0.570. The second kappa shape index (κ2) is 6.39. The van der Waals surface area contributed by atoms with Crippen LogP contribution in [0.3, 0.4) is 0 Å². The minimum absolute atomic E-state index is 0.540. The second-order valence-electron chi connectivity index (χ2n) is 5.03. The molecule has 96 valence electrons. The minimum Gasteiger partial charge on any atom is -0.326 e. The second-order valence-corrected chi connectivity index (χ2v) is 5.44. The monoisotopic (exact) mass is 254 g/mol. The Balaban J connectivity index is 2.75. The summed E-state index contributed by atoms with van der Waals surface area (Å²) in [5.41, 5.74) is 7.84. The van der Waals surface area contributed by atoms with Crippen LogP contribution in [0.1, 0.15) is 31.9 Å². The topological polar surface area (TPSA) is 29.3 Å². The first-order valence-corrected chi connectivity index (χ1v) is 6.51. The molecule has 0 saturated carbocycles. The van der Waals surface area contributed by atoms with Crippen molar-refractivity contribution in [3.63, 3.8) is 0 Å². The highest BCUT2D eigenvalue weighted by Gasteiger charge is 2.14. The zero-order valence-electron chi connectivity index (χ0n) is 11.2. The standard InChI is InChI=1S/C14H23ClN2/c1-10(2)11(3)17(4)9-13-6-5-12(8-16)7-14(13)15/h5-7,10-11H,8-9,16H2,1-4H3. The number of nitrogens with two attached hydrogens (primary N) is 1. The van der Waals surface area contributed by atoms with Crippen LogP contribution in [0.4, 0.5) is 0 Å². The van der Waals surface area contributed by atoms with Gasteiger partial charge in [-0.15, -0.1) is 0 Å². The van der Waals surface area contributed by atoms with Crippen LogP contribution in [-0.4, -0.2) is 18.0 Å². The van der Waals surface area contributed by atoms with Gasteiger partial charge >= 0.3 is 0 Å². The Labute approximate surface area is 110 Å². The molecule has 2 N–H and O–H groups in total. The van der Waals surface area contributed by atoms with E-state index in [2.05, 4.69) is 44.9 Å². The molecule has 1 atom stereocenters. The summed E-state index contributed by atoms with van der Waals surface area (Å²) >= 11 is 6.25. The molecule has 1 rings (SSSR count). The molecule has 0 bridgehead atoms. The van der Waals surface area contributed by atoms with Crippen LogP contribution in [0.5, 0.6) is 0 Å². The van der Waals surface area contributed by atoms with Crippen molar-refractivity contribution in [2.75, 3.05) is 7.05 Å². The molecule has 3 heteroatoms.